The van der Waals surface area contributed by atoms with Crippen molar-refractivity contribution in [2.75, 3.05) is 33.5 Å². The molecule has 0 spiro atoms. The molecule has 0 saturated heterocycles. The molecule has 0 saturated carbocycles. The lowest BCUT2D eigenvalue weighted by Gasteiger charge is -2.32. The third-order valence-electron chi connectivity index (χ3n) is 6.06. The van der Waals surface area contributed by atoms with Crippen LogP contribution in [0.4, 0.5) is 0 Å². The number of sulfonamides is 1. The van der Waals surface area contributed by atoms with Crippen molar-refractivity contribution >= 4 is 33.4 Å². The molecule has 8 nitrogen and oxygen atoms in total. The van der Waals surface area contributed by atoms with Crippen molar-refractivity contribution in [2.24, 2.45) is 0 Å². The molecule has 3 rings (SSSR count). The van der Waals surface area contributed by atoms with Crippen LogP contribution in [-0.4, -0.2) is 62.9 Å². The summed E-state index contributed by atoms with van der Waals surface area (Å²) in [6, 6.07) is 22.5. The summed E-state index contributed by atoms with van der Waals surface area (Å²) < 4.78 is 30.2. The van der Waals surface area contributed by atoms with Gasteiger partial charge < -0.3 is 15.0 Å². The van der Waals surface area contributed by atoms with E-state index in [1.807, 2.05) is 30.3 Å². The number of ether oxygens (including phenoxy) is 1. The van der Waals surface area contributed by atoms with Crippen LogP contribution in [0.1, 0.15) is 22.7 Å². The molecule has 38 heavy (non-hydrogen) atoms. The van der Waals surface area contributed by atoms with E-state index in [-0.39, 0.29) is 12.5 Å². The van der Waals surface area contributed by atoms with E-state index in [0.29, 0.717) is 23.6 Å². The lowest BCUT2D eigenvalue weighted by Crippen LogP contribution is -2.47. The van der Waals surface area contributed by atoms with Gasteiger partial charge in [-0.3, -0.25) is 9.59 Å². The van der Waals surface area contributed by atoms with Gasteiger partial charge in [0.05, 0.1) is 19.9 Å². The number of methoxy groups -OCH3 is 1. The van der Waals surface area contributed by atoms with Crippen LogP contribution in [0.5, 0.6) is 5.75 Å². The Bertz CT molecular complexity index is 1320. The quantitative estimate of drug-likeness (QED) is 0.366. The molecule has 0 unspecified atom stereocenters. The monoisotopic (exact) mass is 557 g/mol. The zero-order chi connectivity index (χ0) is 27.7. The zero-order valence-corrected chi connectivity index (χ0v) is 23.2. The Morgan fingerprint density at radius 2 is 1.55 bits per heavy atom. The molecule has 0 aliphatic heterocycles. The number of hydrogen-bond acceptors (Lipinski definition) is 5. The van der Waals surface area contributed by atoms with Crippen LogP contribution in [0, 0.1) is 0 Å². The maximum absolute atomic E-state index is 13.6. The van der Waals surface area contributed by atoms with Gasteiger partial charge in [0, 0.05) is 25.2 Å². The minimum atomic E-state index is -3.61. The Balaban J connectivity index is 1.89. The van der Waals surface area contributed by atoms with Gasteiger partial charge in [-0.1, -0.05) is 66.2 Å². The molecule has 2 amide bonds. The fourth-order valence-electron chi connectivity index (χ4n) is 3.84. The number of nitrogens with one attached hydrogen (secondary N) is 1. The van der Waals surface area contributed by atoms with E-state index in [1.54, 1.807) is 55.6 Å². The number of carbonyl (C=O) groups is 2. The number of hydrogen-bond donors (Lipinski definition) is 1. The molecule has 0 aliphatic rings. The molecule has 0 bridgehead atoms. The summed E-state index contributed by atoms with van der Waals surface area (Å²) in [7, 11) is -0.677. The fraction of sp³-hybridized carbons (Fsp3) is 0.286. The first kappa shape index (κ1) is 29.2. The van der Waals surface area contributed by atoms with Gasteiger partial charge in [0.15, 0.2) is 0 Å². The fourth-order valence-corrected chi connectivity index (χ4v) is 4.31. The topological polar surface area (TPSA) is 96.0 Å². The zero-order valence-electron chi connectivity index (χ0n) is 21.6. The second-order valence-corrected chi connectivity index (χ2v) is 11.4. The van der Waals surface area contributed by atoms with Gasteiger partial charge in [-0.05, 0) is 47.4 Å². The SMILES string of the molecule is COc1ccc(CCNC(=O)[C@@H](c2ccccc2)N(Cc2ccc(Cl)cc2)C(=O)CN(C)S(C)(=O)=O)cc1. The van der Waals surface area contributed by atoms with E-state index in [0.717, 1.165) is 27.4 Å². The Labute approximate surface area is 229 Å². The van der Waals surface area contributed by atoms with Crippen molar-refractivity contribution in [3.8, 4) is 5.75 Å². The van der Waals surface area contributed by atoms with Gasteiger partial charge >= 0.3 is 0 Å². The number of likely N-dealkylation sites (N-methyl/N-ethyl adjacent to an activating group) is 1. The second kappa shape index (κ2) is 13.4. The molecule has 202 valence electrons. The van der Waals surface area contributed by atoms with Gasteiger partial charge in [0.25, 0.3) is 0 Å². The number of rotatable bonds is 12. The molecular weight excluding hydrogens is 526 g/mol. The van der Waals surface area contributed by atoms with E-state index in [4.69, 9.17) is 16.3 Å². The Morgan fingerprint density at radius 3 is 2.13 bits per heavy atom. The van der Waals surface area contributed by atoms with Crippen molar-refractivity contribution in [2.45, 2.75) is 19.0 Å². The van der Waals surface area contributed by atoms with Crippen LogP contribution in [0.3, 0.4) is 0 Å². The van der Waals surface area contributed by atoms with Crippen LogP contribution >= 0.6 is 11.6 Å². The lowest BCUT2D eigenvalue weighted by molar-refractivity contribution is -0.141. The first-order valence-electron chi connectivity index (χ1n) is 12.0. The van der Waals surface area contributed by atoms with E-state index >= 15 is 0 Å². The molecule has 0 aliphatic carbocycles. The third-order valence-corrected chi connectivity index (χ3v) is 7.57. The Hall–Kier alpha value is -3.40. The first-order valence-corrected chi connectivity index (χ1v) is 14.2. The minimum absolute atomic E-state index is 0.0824. The van der Waals surface area contributed by atoms with E-state index in [1.165, 1.54) is 11.9 Å². The highest BCUT2D eigenvalue weighted by atomic mass is 35.5. The Morgan fingerprint density at radius 1 is 0.947 bits per heavy atom. The number of halogens is 1. The predicted octanol–water partition coefficient (Wildman–Crippen LogP) is 3.67. The molecule has 3 aromatic rings. The molecule has 1 atom stereocenters. The van der Waals surface area contributed by atoms with E-state index < -0.39 is 28.5 Å². The molecule has 1 N–H and O–H groups in total. The van der Waals surface area contributed by atoms with E-state index in [9.17, 15) is 18.0 Å². The lowest BCUT2D eigenvalue weighted by atomic mass is 10.0. The van der Waals surface area contributed by atoms with Crippen LogP contribution < -0.4 is 10.1 Å². The van der Waals surface area contributed by atoms with Crippen molar-refractivity contribution < 1.29 is 22.7 Å². The Kier molecular flexibility index (Phi) is 10.3. The number of benzene rings is 3. The first-order chi connectivity index (χ1) is 18.1. The van der Waals surface area contributed by atoms with Crippen LogP contribution in [0.15, 0.2) is 78.9 Å². The molecule has 3 aromatic carbocycles. The molecule has 0 aromatic heterocycles. The molecule has 0 radical (unpaired) electrons. The summed E-state index contributed by atoms with van der Waals surface area (Å²) in [6.45, 7) is 0.0225. The second-order valence-electron chi connectivity index (χ2n) is 8.87. The molecule has 10 heteroatoms. The summed E-state index contributed by atoms with van der Waals surface area (Å²) >= 11 is 6.04. The van der Waals surface area contributed by atoms with Gasteiger partial charge in [0.2, 0.25) is 21.8 Å². The van der Waals surface area contributed by atoms with Gasteiger partial charge in [0.1, 0.15) is 11.8 Å². The van der Waals surface area contributed by atoms with Gasteiger partial charge in [-0.25, -0.2) is 8.42 Å². The maximum atomic E-state index is 13.6. The van der Waals surface area contributed by atoms with Gasteiger partial charge in [-0.15, -0.1) is 0 Å². The van der Waals surface area contributed by atoms with Gasteiger partial charge in [-0.2, -0.15) is 4.31 Å². The molecule has 0 fully saturated rings. The number of nitrogens with zero attached hydrogens (tertiary/aromatic N) is 2. The predicted molar refractivity (Wildman–Crippen MR) is 148 cm³/mol. The molecule has 0 heterocycles. The number of carbonyl (C=O) groups excluding carboxylic acids is 2. The highest BCUT2D eigenvalue weighted by Gasteiger charge is 2.32. The van der Waals surface area contributed by atoms with Crippen molar-refractivity contribution in [3.63, 3.8) is 0 Å². The van der Waals surface area contributed by atoms with Crippen molar-refractivity contribution in [3.05, 3.63) is 101 Å². The highest BCUT2D eigenvalue weighted by molar-refractivity contribution is 7.88. The summed E-state index contributed by atoms with van der Waals surface area (Å²) in [6.07, 6.45) is 1.61. The summed E-state index contributed by atoms with van der Waals surface area (Å²) in [5.74, 6) is -0.126. The minimum Gasteiger partial charge on any atom is -0.497 e. The largest absolute Gasteiger partial charge is 0.497 e. The average molecular weight is 558 g/mol. The standard InChI is InChI=1S/C28H32ClN3O5S/c1-31(38(3,35)36)20-26(33)32(19-22-9-13-24(29)14-10-22)27(23-7-5-4-6-8-23)28(34)30-18-17-21-11-15-25(37-2)16-12-21/h4-16,27H,17-20H2,1-3H3,(H,30,34)/t27-/m1/s1. The average Bonchev–Trinajstić information content (AvgIpc) is 2.90. The molecular formula is C28H32ClN3O5S. The maximum Gasteiger partial charge on any atom is 0.247 e. The van der Waals surface area contributed by atoms with E-state index in [2.05, 4.69) is 5.32 Å². The summed E-state index contributed by atoms with van der Waals surface area (Å²) in [5, 5.41) is 3.50. The third kappa shape index (κ3) is 8.31. The smallest absolute Gasteiger partial charge is 0.247 e. The van der Waals surface area contributed by atoms with Crippen LogP contribution in [0.2, 0.25) is 5.02 Å². The summed E-state index contributed by atoms with van der Waals surface area (Å²) in [5.41, 5.74) is 2.38. The number of amides is 2. The normalized spacial score (nSPS) is 12.1. The van der Waals surface area contributed by atoms with Crippen LogP contribution in [0.25, 0.3) is 0 Å². The van der Waals surface area contributed by atoms with Crippen LogP contribution in [-0.2, 0) is 32.6 Å². The van der Waals surface area contributed by atoms with Crippen molar-refractivity contribution in [1.29, 1.82) is 0 Å². The highest BCUT2D eigenvalue weighted by Crippen LogP contribution is 2.25. The summed E-state index contributed by atoms with van der Waals surface area (Å²) in [4.78, 5) is 28.6. The van der Waals surface area contributed by atoms with Crippen molar-refractivity contribution in [1.82, 2.24) is 14.5 Å².